The van der Waals surface area contributed by atoms with Gasteiger partial charge in [0, 0.05) is 18.5 Å². The Hall–Kier alpha value is -3.35. The van der Waals surface area contributed by atoms with Crippen LogP contribution in [0.2, 0.25) is 0 Å². The highest BCUT2D eigenvalue weighted by Gasteiger charge is 2.35. The van der Waals surface area contributed by atoms with E-state index in [0.717, 1.165) is 30.4 Å². The summed E-state index contributed by atoms with van der Waals surface area (Å²) in [5.41, 5.74) is 4.62. The Labute approximate surface area is 200 Å². The Morgan fingerprint density at radius 3 is 2.21 bits per heavy atom. The second kappa shape index (κ2) is 10.7. The molecular formula is C27H32N2O5. The van der Waals surface area contributed by atoms with Crippen molar-refractivity contribution in [2.75, 3.05) is 19.7 Å². The highest BCUT2D eigenvalue weighted by Crippen LogP contribution is 2.44. The van der Waals surface area contributed by atoms with Crippen molar-refractivity contribution in [3.05, 3.63) is 59.7 Å². The van der Waals surface area contributed by atoms with Gasteiger partial charge in [-0.3, -0.25) is 9.59 Å². The van der Waals surface area contributed by atoms with Crippen molar-refractivity contribution >= 4 is 18.0 Å². The molecule has 0 heterocycles. The number of benzene rings is 2. The molecule has 2 aromatic rings. The summed E-state index contributed by atoms with van der Waals surface area (Å²) in [5.74, 6) is -1.72. The summed E-state index contributed by atoms with van der Waals surface area (Å²) in [6.07, 6.45) is 3.53. The topological polar surface area (TPSA) is 95.9 Å². The maximum Gasteiger partial charge on any atom is 0.407 e. The van der Waals surface area contributed by atoms with Gasteiger partial charge in [0.15, 0.2) is 0 Å². The molecular weight excluding hydrogens is 432 g/mol. The van der Waals surface area contributed by atoms with Gasteiger partial charge in [0.2, 0.25) is 5.91 Å². The van der Waals surface area contributed by atoms with Crippen LogP contribution in [-0.2, 0) is 14.3 Å². The molecule has 0 spiro atoms. The zero-order valence-corrected chi connectivity index (χ0v) is 19.5. The summed E-state index contributed by atoms with van der Waals surface area (Å²) in [6, 6.07) is 16.0. The second-order valence-electron chi connectivity index (χ2n) is 9.07. The van der Waals surface area contributed by atoms with E-state index in [1.807, 2.05) is 24.3 Å². The first-order valence-corrected chi connectivity index (χ1v) is 12.1. The van der Waals surface area contributed by atoms with E-state index in [4.69, 9.17) is 9.84 Å². The lowest BCUT2D eigenvalue weighted by Crippen LogP contribution is -2.49. The van der Waals surface area contributed by atoms with Crippen LogP contribution >= 0.6 is 0 Å². The van der Waals surface area contributed by atoms with Crippen LogP contribution in [0.25, 0.3) is 11.1 Å². The molecule has 0 saturated heterocycles. The molecule has 2 amide bonds. The zero-order chi connectivity index (χ0) is 24.1. The summed E-state index contributed by atoms with van der Waals surface area (Å²) in [5, 5.41) is 12.1. The fourth-order valence-electron chi connectivity index (χ4n) is 5.31. The number of carbonyl (C=O) groups is 3. The van der Waals surface area contributed by atoms with Crippen molar-refractivity contribution in [3.8, 4) is 11.1 Å². The summed E-state index contributed by atoms with van der Waals surface area (Å²) >= 11 is 0. The first-order valence-electron chi connectivity index (χ1n) is 12.1. The van der Waals surface area contributed by atoms with Gasteiger partial charge < -0.3 is 20.1 Å². The minimum Gasteiger partial charge on any atom is -0.480 e. The van der Waals surface area contributed by atoms with Crippen LogP contribution in [0.4, 0.5) is 4.79 Å². The van der Waals surface area contributed by atoms with Crippen molar-refractivity contribution in [1.82, 2.24) is 10.2 Å². The maximum absolute atomic E-state index is 13.1. The number of fused-ring (bicyclic) bond motifs is 3. The third-order valence-electron chi connectivity index (χ3n) is 7.00. The van der Waals surface area contributed by atoms with Gasteiger partial charge in [-0.05, 0) is 42.0 Å². The molecule has 2 atom stereocenters. The monoisotopic (exact) mass is 464 g/mol. The first-order chi connectivity index (χ1) is 16.5. The number of nitrogens with zero attached hydrogens (tertiary/aromatic N) is 1. The number of hydrogen-bond acceptors (Lipinski definition) is 4. The van der Waals surface area contributed by atoms with Crippen LogP contribution in [0.5, 0.6) is 0 Å². The van der Waals surface area contributed by atoms with Gasteiger partial charge >= 0.3 is 12.1 Å². The molecule has 4 rings (SSSR count). The normalized spacial score (nSPS) is 19.4. The van der Waals surface area contributed by atoms with E-state index in [9.17, 15) is 14.4 Å². The second-order valence-corrected chi connectivity index (χ2v) is 9.07. The van der Waals surface area contributed by atoms with Crippen molar-refractivity contribution in [2.24, 2.45) is 5.92 Å². The number of rotatable bonds is 7. The third-order valence-corrected chi connectivity index (χ3v) is 7.00. The number of ether oxygens (including phenoxy) is 1. The van der Waals surface area contributed by atoms with E-state index >= 15 is 0 Å². The van der Waals surface area contributed by atoms with E-state index in [2.05, 4.69) is 29.6 Å². The van der Waals surface area contributed by atoms with Gasteiger partial charge in [0.1, 0.15) is 13.2 Å². The smallest absolute Gasteiger partial charge is 0.407 e. The van der Waals surface area contributed by atoms with Crippen molar-refractivity contribution in [2.45, 2.75) is 51.0 Å². The van der Waals surface area contributed by atoms with Gasteiger partial charge in [-0.15, -0.1) is 0 Å². The molecule has 0 aliphatic heterocycles. The zero-order valence-electron chi connectivity index (χ0n) is 19.5. The lowest BCUT2D eigenvalue weighted by molar-refractivity contribution is -0.146. The van der Waals surface area contributed by atoms with Gasteiger partial charge in [-0.1, -0.05) is 67.8 Å². The average Bonchev–Trinajstić information content (AvgIpc) is 2.97. The molecule has 7 nitrogen and oxygen atoms in total. The highest BCUT2D eigenvalue weighted by molar-refractivity contribution is 5.84. The van der Waals surface area contributed by atoms with Crippen LogP contribution in [0.3, 0.4) is 0 Å². The number of alkyl carbamates (subject to hydrolysis) is 1. The molecule has 2 aliphatic rings. The van der Waals surface area contributed by atoms with Crippen molar-refractivity contribution in [3.63, 3.8) is 0 Å². The molecule has 34 heavy (non-hydrogen) atoms. The largest absolute Gasteiger partial charge is 0.480 e. The van der Waals surface area contributed by atoms with E-state index in [1.165, 1.54) is 16.0 Å². The number of nitrogens with one attached hydrogen (secondary N) is 1. The SMILES string of the molecule is CCN(CC(=O)O)C(=O)[C@@H]1CCCCC[C@@H]1NC(=O)OCC1c2ccccc2-c2ccccc21. The quantitative estimate of drug-likeness (QED) is 0.592. The first kappa shape index (κ1) is 23.8. The number of amides is 2. The van der Waals surface area contributed by atoms with Crippen molar-refractivity contribution in [1.29, 1.82) is 0 Å². The minimum atomic E-state index is -1.04. The Kier molecular flexibility index (Phi) is 7.50. The molecule has 0 bridgehead atoms. The van der Waals surface area contributed by atoms with E-state index < -0.39 is 18.0 Å². The van der Waals surface area contributed by atoms with E-state index in [0.29, 0.717) is 19.4 Å². The third kappa shape index (κ3) is 5.08. The molecule has 0 radical (unpaired) electrons. The Balaban J connectivity index is 1.43. The number of hydrogen-bond donors (Lipinski definition) is 2. The minimum absolute atomic E-state index is 0.0316. The highest BCUT2D eigenvalue weighted by atomic mass is 16.5. The molecule has 2 N–H and O–H groups in total. The van der Waals surface area contributed by atoms with Crippen LogP contribution < -0.4 is 5.32 Å². The molecule has 180 valence electrons. The molecule has 0 aromatic heterocycles. The predicted octanol–water partition coefficient (Wildman–Crippen LogP) is 4.41. The van der Waals surface area contributed by atoms with Crippen LogP contribution in [0.1, 0.15) is 56.1 Å². The number of carboxylic acid groups (broad SMARTS) is 1. The Morgan fingerprint density at radius 2 is 1.59 bits per heavy atom. The van der Waals surface area contributed by atoms with Crippen LogP contribution in [-0.4, -0.2) is 53.7 Å². The Bertz CT molecular complexity index is 1010. The van der Waals surface area contributed by atoms with E-state index in [-0.39, 0.29) is 31.0 Å². The summed E-state index contributed by atoms with van der Waals surface area (Å²) in [7, 11) is 0. The Morgan fingerprint density at radius 1 is 0.971 bits per heavy atom. The molecule has 7 heteroatoms. The van der Waals surface area contributed by atoms with Gasteiger partial charge in [0.05, 0.1) is 5.92 Å². The summed E-state index contributed by atoms with van der Waals surface area (Å²) in [6.45, 7) is 1.97. The van der Waals surface area contributed by atoms with Crippen LogP contribution in [0, 0.1) is 5.92 Å². The number of likely N-dealkylation sites (N-methyl/N-ethyl adjacent to an activating group) is 1. The van der Waals surface area contributed by atoms with Gasteiger partial charge in [-0.25, -0.2) is 4.79 Å². The lowest BCUT2D eigenvalue weighted by Gasteiger charge is -2.30. The molecule has 2 aromatic carbocycles. The fourth-order valence-corrected chi connectivity index (χ4v) is 5.31. The summed E-state index contributed by atoms with van der Waals surface area (Å²) in [4.78, 5) is 38.5. The van der Waals surface area contributed by atoms with Gasteiger partial charge in [-0.2, -0.15) is 0 Å². The van der Waals surface area contributed by atoms with Crippen molar-refractivity contribution < 1.29 is 24.2 Å². The standard InChI is InChI=1S/C27H32N2O5/c1-2-29(16-25(30)31)26(32)22-14-4-3-5-15-24(22)28-27(33)34-17-23-20-12-8-6-10-18(20)19-11-7-9-13-21(19)23/h6-13,22-24H,2-5,14-17H2,1H3,(H,28,33)(H,30,31)/t22-,24+/m1/s1. The predicted molar refractivity (Wildman–Crippen MR) is 128 cm³/mol. The fraction of sp³-hybridized carbons (Fsp3) is 0.444. The maximum atomic E-state index is 13.1. The lowest BCUT2D eigenvalue weighted by atomic mass is 9.93. The number of carbonyl (C=O) groups excluding carboxylic acids is 2. The summed E-state index contributed by atoms with van der Waals surface area (Å²) < 4.78 is 5.69. The number of aliphatic carboxylic acids is 1. The van der Waals surface area contributed by atoms with Crippen LogP contribution in [0.15, 0.2) is 48.5 Å². The molecule has 1 saturated carbocycles. The van der Waals surface area contributed by atoms with E-state index in [1.54, 1.807) is 6.92 Å². The number of carboxylic acids is 1. The average molecular weight is 465 g/mol. The molecule has 2 aliphatic carbocycles. The van der Waals surface area contributed by atoms with Gasteiger partial charge in [0.25, 0.3) is 0 Å². The molecule has 1 fully saturated rings. The molecule has 0 unspecified atom stereocenters.